The third-order valence-corrected chi connectivity index (χ3v) is 7.45. The first-order valence-electron chi connectivity index (χ1n) is 12.6. The minimum atomic E-state index is -0.425. The molecule has 0 bridgehead atoms. The second-order valence-electron chi connectivity index (χ2n) is 11.0. The van der Waals surface area contributed by atoms with Crippen LogP contribution in [0.15, 0.2) is 47.9 Å². The minimum absolute atomic E-state index is 0.0140. The highest BCUT2D eigenvalue weighted by molar-refractivity contribution is 5.82. The molecule has 2 amide bonds. The van der Waals surface area contributed by atoms with E-state index >= 15 is 0 Å². The molecular weight excluding hydrogens is 426 g/mol. The Morgan fingerprint density at radius 2 is 1.71 bits per heavy atom. The van der Waals surface area contributed by atoms with Gasteiger partial charge in [0.1, 0.15) is 11.4 Å². The molecule has 1 saturated heterocycles. The number of nitrogens with zero attached hydrogens (tertiary/aromatic N) is 2. The van der Waals surface area contributed by atoms with Gasteiger partial charge in [0.05, 0.1) is 5.70 Å². The van der Waals surface area contributed by atoms with E-state index in [2.05, 4.69) is 62.1 Å². The number of ether oxygens (including phenoxy) is 1. The molecule has 2 aliphatic heterocycles. The molecule has 2 heterocycles. The normalized spacial score (nSPS) is 20.1. The number of carbonyl (C=O) groups is 2. The van der Waals surface area contributed by atoms with Gasteiger partial charge in [0.15, 0.2) is 0 Å². The largest absolute Gasteiger partial charge is 0.485 e. The fourth-order valence-corrected chi connectivity index (χ4v) is 5.20. The molecule has 0 aromatic heterocycles. The van der Waals surface area contributed by atoms with Gasteiger partial charge in [0.25, 0.3) is 0 Å². The van der Waals surface area contributed by atoms with Crippen molar-refractivity contribution in [3.8, 4) is 0 Å². The smallest absolute Gasteiger partial charge is 0.223 e. The summed E-state index contributed by atoms with van der Waals surface area (Å²) < 4.78 is 6.74. The van der Waals surface area contributed by atoms with Gasteiger partial charge >= 0.3 is 0 Å². The van der Waals surface area contributed by atoms with Crippen LogP contribution in [0.5, 0.6) is 0 Å². The molecule has 1 aromatic carbocycles. The maximum Gasteiger partial charge on any atom is 0.223 e. The highest BCUT2D eigenvalue weighted by Crippen LogP contribution is 2.39. The Balaban J connectivity index is 1.45. The van der Waals surface area contributed by atoms with Crippen molar-refractivity contribution < 1.29 is 14.3 Å². The van der Waals surface area contributed by atoms with Crippen molar-refractivity contribution in [1.29, 1.82) is 0 Å². The van der Waals surface area contributed by atoms with Crippen LogP contribution in [0.1, 0.15) is 76.8 Å². The van der Waals surface area contributed by atoms with Crippen LogP contribution in [0.2, 0.25) is 0 Å². The lowest BCUT2D eigenvalue weighted by Crippen LogP contribution is -2.48. The zero-order valence-electron chi connectivity index (χ0n) is 20.9. The van der Waals surface area contributed by atoms with Crippen LogP contribution in [0.25, 0.3) is 0 Å². The average molecular weight is 466 g/mol. The number of allylic oxidation sites excluding steroid dienone is 3. The van der Waals surface area contributed by atoms with Gasteiger partial charge in [-0.25, -0.2) is 0 Å². The summed E-state index contributed by atoms with van der Waals surface area (Å²) in [5.41, 5.74) is 9.10. The van der Waals surface area contributed by atoms with E-state index in [-0.39, 0.29) is 29.8 Å². The van der Waals surface area contributed by atoms with E-state index < -0.39 is 5.91 Å². The molecule has 1 fully saturated rings. The van der Waals surface area contributed by atoms with Gasteiger partial charge in [0, 0.05) is 58.3 Å². The first kappa shape index (κ1) is 24.4. The van der Waals surface area contributed by atoms with E-state index in [1.807, 2.05) is 4.90 Å². The van der Waals surface area contributed by atoms with Gasteiger partial charge in [-0.3, -0.25) is 9.59 Å². The van der Waals surface area contributed by atoms with Crippen LogP contribution >= 0.6 is 0 Å². The topological polar surface area (TPSA) is 75.9 Å². The number of primary amides is 1. The summed E-state index contributed by atoms with van der Waals surface area (Å²) in [5.74, 6) is 0.592. The summed E-state index contributed by atoms with van der Waals surface area (Å²) >= 11 is 0. The van der Waals surface area contributed by atoms with E-state index in [0.29, 0.717) is 13.1 Å². The summed E-state index contributed by atoms with van der Waals surface area (Å²) in [6, 6.07) is 9.03. The van der Waals surface area contributed by atoms with Crippen LogP contribution in [0.4, 0.5) is 0 Å². The number of rotatable bonds is 5. The molecule has 4 rings (SSSR count). The van der Waals surface area contributed by atoms with E-state index in [0.717, 1.165) is 51.0 Å². The Bertz CT molecular complexity index is 964. The fourth-order valence-electron chi connectivity index (χ4n) is 5.20. The zero-order chi connectivity index (χ0) is 24.3. The number of piperidine rings is 1. The predicted molar refractivity (Wildman–Crippen MR) is 134 cm³/mol. The highest BCUT2D eigenvalue weighted by Gasteiger charge is 2.41. The average Bonchev–Trinajstić information content (AvgIpc) is 2.95. The van der Waals surface area contributed by atoms with Gasteiger partial charge in [-0.15, -0.1) is 0 Å². The zero-order valence-corrected chi connectivity index (χ0v) is 20.9. The molecular formula is C28H39N3O3. The predicted octanol–water partition coefficient (Wildman–Crippen LogP) is 4.39. The third-order valence-electron chi connectivity index (χ3n) is 7.45. The number of nitrogens with two attached hydrogens (primary N) is 1. The lowest BCUT2D eigenvalue weighted by Gasteiger charge is -2.41. The second-order valence-corrected chi connectivity index (χ2v) is 11.0. The molecule has 6 heteroatoms. The molecule has 0 radical (unpaired) electrons. The monoisotopic (exact) mass is 465 g/mol. The number of carbonyl (C=O) groups excluding carboxylic acids is 2. The van der Waals surface area contributed by atoms with Crippen LogP contribution < -0.4 is 5.73 Å². The molecule has 3 aliphatic rings. The van der Waals surface area contributed by atoms with Crippen molar-refractivity contribution in [1.82, 2.24) is 9.80 Å². The number of amides is 2. The molecule has 0 unspecified atom stereocenters. The molecule has 34 heavy (non-hydrogen) atoms. The van der Waals surface area contributed by atoms with Crippen molar-refractivity contribution in [2.45, 2.75) is 83.3 Å². The van der Waals surface area contributed by atoms with E-state index in [4.69, 9.17) is 10.5 Å². The van der Waals surface area contributed by atoms with E-state index in [1.54, 1.807) is 0 Å². The van der Waals surface area contributed by atoms with Crippen molar-refractivity contribution in [2.24, 2.45) is 5.73 Å². The van der Waals surface area contributed by atoms with Gasteiger partial charge in [-0.2, -0.15) is 0 Å². The van der Waals surface area contributed by atoms with Gasteiger partial charge in [-0.1, -0.05) is 51.1 Å². The van der Waals surface area contributed by atoms with Crippen LogP contribution in [-0.4, -0.2) is 46.8 Å². The number of hydrogen-bond acceptors (Lipinski definition) is 4. The van der Waals surface area contributed by atoms with Gasteiger partial charge in [0.2, 0.25) is 11.8 Å². The van der Waals surface area contributed by atoms with Crippen LogP contribution in [0, 0.1) is 0 Å². The Morgan fingerprint density at radius 3 is 2.35 bits per heavy atom. The molecule has 6 nitrogen and oxygen atoms in total. The molecule has 0 saturated carbocycles. The second kappa shape index (κ2) is 9.85. The quantitative estimate of drug-likeness (QED) is 0.700. The fraction of sp³-hybridized carbons (Fsp3) is 0.571. The maximum atomic E-state index is 12.5. The molecule has 0 atom stereocenters. The standard InChI is InChI=1S/C28H39N3O3/c1-27(2,3)22-10-8-21(9-11-22)20-31-19-16-28(34-24-7-5-4-6-23(24)31)14-17-30(18-15-28)26(33)13-12-25(29)32/h5,7-11H,4,6,12-20H2,1-3H3,(H2,29,32). The molecule has 1 spiro atoms. The first-order chi connectivity index (χ1) is 16.2. The Morgan fingerprint density at radius 1 is 1.03 bits per heavy atom. The lowest BCUT2D eigenvalue weighted by molar-refractivity contribution is -0.137. The number of hydrogen-bond donors (Lipinski definition) is 1. The van der Waals surface area contributed by atoms with Crippen molar-refractivity contribution in [3.05, 3.63) is 59.0 Å². The third kappa shape index (κ3) is 5.65. The SMILES string of the molecule is CC(C)(C)c1ccc(CN2CCC3(CCN(C(=O)CCC(N)=O)CC3)OC3=C2CCC=C3)cc1. The minimum Gasteiger partial charge on any atom is -0.485 e. The molecule has 184 valence electrons. The number of benzene rings is 1. The van der Waals surface area contributed by atoms with E-state index in [9.17, 15) is 9.59 Å². The van der Waals surface area contributed by atoms with Crippen molar-refractivity contribution in [2.75, 3.05) is 19.6 Å². The molecule has 2 N–H and O–H groups in total. The summed E-state index contributed by atoms with van der Waals surface area (Å²) in [7, 11) is 0. The lowest BCUT2D eigenvalue weighted by atomic mass is 9.86. The van der Waals surface area contributed by atoms with Crippen molar-refractivity contribution >= 4 is 11.8 Å². The first-order valence-corrected chi connectivity index (χ1v) is 12.6. The molecule has 1 aliphatic carbocycles. The van der Waals surface area contributed by atoms with Gasteiger partial charge < -0.3 is 20.3 Å². The summed E-state index contributed by atoms with van der Waals surface area (Å²) in [6.07, 6.45) is 9.27. The van der Waals surface area contributed by atoms with Crippen LogP contribution in [-0.2, 0) is 26.3 Å². The van der Waals surface area contributed by atoms with Crippen LogP contribution in [0.3, 0.4) is 0 Å². The Labute approximate surface area is 203 Å². The summed E-state index contributed by atoms with van der Waals surface area (Å²) in [5, 5.41) is 0. The number of likely N-dealkylation sites (tertiary alicyclic amines) is 1. The Hall–Kier alpha value is -2.76. The van der Waals surface area contributed by atoms with Gasteiger partial charge in [-0.05, 0) is 35.5 Å². The van der Waals surface area contributed by atoms with Crippen molar-refractivity contribution in [3.63, 3.8) is 0 Å². The molecule has 1 aromatic rings. The Kier molecular flexibility index (Phi) is 7.06. The summed E-state index contributed by atoms with van der Waals surface area (Å²) in [4.78, 5) is 27.9. The highest BCUT2D eigenvalue weighted by atomic mass is 16.5. The van der Waals surface area contributed by atoms with E-state index in [1.165, 1.54) is 16.8 Å². The maximum absolute atomic E-state index is 12.5. The summed E-state index contributed by atoms with van der Waals surface area (Å²) in [6.45, 7) is 9.90.